The molecule has 1 fully saturated rings. The third-order valence-electron chi connectivity index (χ3n) is 3.53. The van der Waals surface area contributed by atoms with E-state index in [9.17, 15) is 0 Å². The summed E-state index contributed by atoms with van der Waals surface area (Å²) in [5.74, 6) is 1.03. The molecule has 0 spiro atoms. The van der Waals surface area contributed by atoms with Crippen molar-refractivity contribution < 1.29 is 0 Å². The molecule has 3 rings (SSSR count). The Hall–Kier alpha value is -1.17. The van der Waals surface area contributed by atoms with E-state index in [1.54, 1.807) is 11.3 Å². The fourth-order valence-corrected chi connectivity index (χ4v) is 3.26. The number of aromatic nitrogens is 1. The molecular formula is C14H20N4S. The molecule has 5 heteroatoms. The maximum Gasteiger partial charge on any atom is 0.134 e. The van der Waals surface area contributed by atoms with Gasteiger partial charge in [0.1, 0.15) is 5.82 Å². The molecule has 0 bridgehead atoms. The highest BCUT2D eigenvalue weighted by Crippen LogP contribution is 2.25. The number of nitrogens with one attached hydrogen (secondary N) is 2. The highest BCUT2D eigenvalue weighted by atomic mass is 32.1. The normalized spacial score (nSPS) is 16.8. The molecule has 19 heavy (non-hydrogen) atoms. The smallest absolute Gasteiger partial charge is 0.134 e. The largest absolute Gasteiger partial charge is 0.369 e. The summed E-state index contributed by atoms with van der Waals surface area (Å²) in [6.07, 6.45) is 3.06. The molecule has 4 nitrogen and oxygen atoms in total. The van der Waals surface area contributed by atoms with E-state index in [0.29, 0.717) is 0 Å². The van der Waals surface area contributed by atoms with E-state index >= 15 is 0 Å². The lowest BCUT2D eigenvalue weighted by atomic mass is 10.3. The summed E-state index contributed by atoms with van der Waals surface area (Å²) in [5.41, 5.74) is 0. The Morgan fingerprint density at radius 1 is 1.32 bits per heavy atom. The Morgan fingerprint density at radius 2 is 2.21 bits per heavy atom. The third kappa shape index (κ3) is 3.23. The van der Waals surface area contributed by atoms with Gasteiger partial charge in [-0.3, -0.25) is 0 Å². The first kappa shape index (κ1) is 12.8. The second-order valence-corrected chi connectivity index (χ2v) is 5.81. The van der Waals surface area contributed by atoms with Crippen molar-refractivity contribution in [2.24, 2.45) is 0 Å². The van der Waals surface area contributed by atoms with Gasteiger partial charge in [0.15, 0.2) is 0 Å². The third-order valence-corrected chi connectivity index (χ3v) is 4.42. The molecule has 2 aromatic rings. The number of nitrogens with zero attached hydrogens (tertiary/aromatic N) is 2. The number of fused-ring (bicyclic) bond motifs is 1. The molecule has 0 unspecified atom stereocenters. The molecular weight excluding hydrogens is 256 g/mol. The molecule has 3 heterocycles. The lowest BCUT2D eigenvalue weighted by molar-refractivity contribution is 0.240. The predicted molar refractivity (Wildman–Crippen MR) is 82.0 cm³/mol. The van der Waals surface area contributed by atoms with E-state index in [-0.39, 0.29) is 0 Å². The summed E-state index contributed by atoms with van der Waals surface area (Å²) in [5, 5.41) is 10.2. The van der Waals surface area contributed by atoms with Gasteiger partial charge in [0.25, 0.3) is 0 Å². The van der Waals surface area contributed by atoms with Crippen LogP contribution in [0.2, 0.25) is 0 Å². The molecule has 1 aliphatic heterocycles. The van der Waals surface area contributed by atoms with Gasteiger partial charge in [-0.2, -0.15) is 0 Å². The number of hydrogen-bond donors (Lipinski definition) is 2. The van der Waals surface area contributed by atoms with Crippen molar-refractivity contribution in [3.05, 3.63) is 23.7 Å². The van der Waals surface area contributed by atoms with Crippen molar-refractivity contribution >= 4 is 27.2 Å². The molecule has 2 aromatic heterocycles. The Balaban J connectivity index is 1.48. The van der Waals surface area contributed by atoms with Gasteiger partial charge in [-0.15, -0.1) is 11.3 Å². The van der Waals surface area contributed by atoms with Crippen LogP contribution in [-0.4, -0.2) is 49.2 Å². The molecule has 102 valence electrons. The number of anilines is 1. The van der Waals surface area contributed by atoms with Crippen LogP contribution in [0.25, 0.3) is 10.1 Å². The van der Waals surface area contributed by atoms with Gasteiger partial charge >= 0.3 is 0 Å². The number of pyridine rings is 1. The maximum absolute atomic E-state index is 4.44. The van der Waals surface area contributed by atoms with Crippen molar-refractivity contribution in [2.45, 2.75) is 6.42 Å². The average molecular weight is 276 g/mol. The first-order valence-electron chi connectivity index (χ1n) is 6.92. The van der Waals surface area contributed by atoms with Gasteiger partial charge in [0.05, 0.1) is 0 Å². The molecule has 0 radical (unpaired) electrons. The fraction of sp³-hybridized carbons (Fsp3) is 0.500. The standard InChI is InChI=1S/C14H20N4S/c1(8-18-9-6-15-7-10-18)4-16-14-12-3-11-19-13(12)2-5-17-14/h2-3,5,11,15H,1,4,6-10H2,(H,16,17). The van der Waals surface area contributed by atoms with Gasteiger partial charge in [0.2, 0.25) is 0 Å². The summed E-state index contributed by atoms with van der Waals surface area (Å²) in [7, 11) is 0. The second kappa shape index (κ2) is 6.32. The van der Waals surface area contributed by atoms with Gasteiger partial charge in [-0.05, 0) is 30.5 Å². The van der Waals surface area contributed by atoms with Crippen LogP contribution in [0.4, 0.5) is 5.82 Å². The molecule has 0 amide bonds. The molecule has 0 saturated carbocycles. The fourth-order valence-electron chi connectivity index (χ4n) is 2.48. The Bertz CT molecular complexity index is 519. The van der Waals surface area contributed by atoms with Gasteiger partial charge < -0.3 is 15.5 Å². The van der Waals surface area contributed by atoms with Crippen molar-refractivity contribution in [3.63, 3.8) is 0 Å². The minimum absolute atomic E-state index is 0.992. The van der Waals surface area contributed by atoms with Crippen LogP contribution in [0.1, 0.15) is 6.42 Å². The van der Waals surface area contributed by atoms with Crippen LogP contribution >= 0.6 is 11.3 Å². The van der Waals surface area contributed by atoms with E-state index in [1.165, 1.54) is 36.1 Å². The van der Waals surface area contributed by atoms with E-state index in [2.05, 4.69) is 38.0 Å². The minimum atomic E-state index is 0.992. The van der Waals surface area contributed by atoms with Crippen LogP contribution in [0.5, 0.6) is 0 Å². The second-order valence-electron chi connectivity index (χ2n) is 4.86. The highest BCUT2D eigenvalue weighted by molar-refractivity contribution is 7.17. The highest BCUT2D eigenvalue weighted by Gasteiger charge is 2.08. The molecule has 0 aliphatic carbocycles. The van der Waals surface area contributed by atoms with Crippen LogP contribution in [0, 0.1) is 0 Å². The SMILES string of the molecule is c1cc2sccc2c(NCCCN2CCNCC2)n1. The average Bonchev–Trinajstić information content (AvgIpc) is 2.94. The zero-order valence-electron chi connectivity index (χ0n) is 11.1. The summed E-state index contributed by atoms with van der Waals surface area (Å²) in [6.45, 7) is 6.78. The zero-order valence-corrected chi connectivity index (χ0v) is 11.9. The van der Waals surface area contributed by atoms with Crippen LogP contribution < -0.4 is 10.6 Å². The van der Waals surface area contributed by atoms with Gasteiger partial charge in [-0.1, -0.05) is 0 Å². The first-order valence-corrected chi connectivity index (χ1v) is 7.80. The predicted octanol–water partition coefficient (Wildman–Crippen LogP) is 2.00. The Kier molecular flexibility index (Phi) is 4.27. The van der Waals surface area contributed by atoms with Crippen LogP contribution in [0.3, 0.4) is 0 Å². The zero-order chi connectivity index (χ0) is 12.9. The molecule has 1 saturated heterocycles. The van der Waals surface area contributed by atoms with Gasteiger partial charge in [0, 0.05) is 49.0 Å². The summed E-state index contributed by atoms with van der Waals surface area (Å²) in [6, 6.07) is 4.22. The Morgan fingerprint density at radius 3 is 3.11 bits per heavy atom. The van der Waals surface area contributed by atoms with E-state index < -0.39 is 0 Å². The molecule has 0 aromatic carbocycles. The number of thiophene rings is 1. The van der Waals surface area contributed by atoms with Crippen molar-refractivity contribution in [3.8, 4) is 0 Å². The number of rotatable bonds is 5. The van der Waals surface area contributed by atoms with Crippen LogP contribution in [0.15, 0.2) is 23.7 Å². The van der Waals surface area contributed by atoms with E-state index in [0.717, 1.165) is 25.5 Å². The van der Waals surface area contributed by atoms with Crippen molar-refractivity contribution in [1.29, 1.82) is 0 Å². The minimum Gasteiger partial charge on any atom is -0.369 e. The summed E-state index contributed by atoms with van der Waals surface area (Å²) < 4.78 is 1.31. The molecule has 0 atom stereocenters. The van der Waals surface area contributed by atoms with Crippen molar-refractivity contribution in [2.75, 3.05) is 44.6 Å². The quantitative estimate of drug-likeness (QED) is 0.820. The summed E-state index contributed by atoms with van der Waals surface area (Å²) >= 11 is 1.77. The van der Waals surface area contributed by atoms with Gasteiger partial charge in [-0.25, -0.2) is 4.98 Å². The first-order chi connectivity index (χ1) is 9.43. The summed E-state index contributed by atoms with van der Waals surface area (Å²) in [4.78, 5) is 6.96. The monoisotopic (exact) mass is 276 g/mol. The number of piperazine rings is 1. The number of hydrogen-bond acceptors (Lipinski definition) is 5. The van der Waals surface area contributed by atoms with Crippen molar-refractivity contribution in [1.82, 2.24) is 15.2 Å². The lowest BCUT2D eigenvalue weighted by Gasteiger charge is -2.27. The van der Waals surface area contributed by atoms with E-state index in [1.807, 2.05) is 6.20 Å². The topological polar surface area (TPSA) is 40.2 Å². The Labute approximate surface area is 117 Å². The molecule has 2 N–H and O–H groups in total. The van der Waals surface area contributed by atoms with Crippen LogP contribution in [-0.2, 0) is 0 Å². The lowest BCUT2D eigenvalue weighted by Crippen LogP contribution is -2.44. The molecule has 1 aliphatic rings. The van der Waals surface area contributed by atoms with E-state index in [4.69, 9.17) is 0 Å². The maximum atomic E-state index is 4.44.